The number of aliphatic hydroxyl groups is 1. The molecule has 1 N–H and O–H groups in total. The highest BCUT2D eigenvalue weighted by atomic mass is 16.3. The lowest BCUT2D eigenvalue weighted by atomic mass is 10.0. The molecule has 0 bridgehead atoms. The summed E-state index contributed by atoms with van der Waals surface area (Å²) in [6, 6.07) is -0.411. The maximum absolute atomic E-state index is 11.9. The standard InChI is InChI=1S/C14H25NO3/c1-4-6-8-15(9-7-5-2)11-10-14(3,18)13(17)12(11)16/h11,18H,4-10H2,1-3H3. The van der Waals surface area contributed by atoms with Gasteiger partial charge in [-0.05, 0) is 32.9 Å². The third-order valence-corrected chi connectivity index (χ3v) is 3.64. The summed E-state index contributed by atoms with van der Waals surface area (Å²) in [6.07, 6.45) is 4.41. The van der Waals surface area contributed by atoms with Gasteiger partial charge >= 0.3 is 0 Å². The van der Waals surface area contributed by atoms with Gasteiger partial charge in [0.15, 0.2) is 0 Å². The Morgan fingerprint density at radius 2 is 1.72 bits per heavy atom. The second-order valence-electron chi connectivity index (χ2n) is 5.43. The fraction of sp³-hybridized carbons (Fsp3) is 0.857. The summed E-state index contributed by atoms with van der Waals surface area (Å²) in [7, 11) is 0. The first-order chi connectivity index (χ1) is 8.44. The number of carbonyl (C=O) groups is 2. The normalized spacial score (nSPS) is 28.4. The molecule has 0 spiro atoms. The third kappa shape index (κ3) is 3.39. The van der Waals surface area contributed by atoms with E-state index in [0.29, 0.717) is 0 Å². The Morgan fingerprint density at radius 1 is 1.22 bits per heavy atom. The van der Waals surface area contributed by atoms with Crippen molar-refractivity contribution in [1.29, 1.82) is 0 Å². The van der Waals surface area contributed by atoms with Crippen molar-refractivity contribution in [2.24, 2.45) is 0 Å². The van der Waals surface area contributed by atoms with Crippen molar-refractivity contribution in [1.82, 2.24) is 4.90 Å². The summed E-state index contributed by atoms with van der Waals surface area (Å²) < 4.78 is 0. The molecule has 1 saturated carbocycles. The summed E-state index contributed by atoms with van der Waals surface area (Å²) in [4.78, 5) is 25.7. The smallest absolute Gasteiger partial charge is 0.231 e. The van der Waals surface area contributed by atoms with Crippen LogP contribution in [0.3, 0.4) is 0 Å². The van der Waals surface area contributed by atoms with Gasteiger partial charge in [-0.3, -0.25) is 14.5 Å². The monoisotopic (exact) mass is 255 g/mol. The fourth-order valence-corrected chi connectivity index (χ4v) is 2.42. The maximum Gasteiger partial charge on any atom is 0.231 e. The first-order valence-electron chi connectivity index (χ1n) is 6.99. The van der Waals surface area contributed by atoms with Crippen LogP contribution in [0.25, 0.3) is 0 Å². The largest absolute Gasteiger partial charge is 0.382 e. The average molecular weight is 255 g/mol. The van der Waals surface area contributed by atoms with Gasteiger partial charge in [-0.25, -0.2) is 0 Å². The Balaban J connectivity index is 2.73. The number of rotatable bonds is 7. The lowest BCUT2D eigenvalue weighted by molar-refractivity contribution is -0.142. The van der Waals surface area contributed by atoms with Crippen LogP contribution in [0.2, 0.25) is 0 Å². The second-order valence-corrected chi connectivity index (χ2v) is 5.43. The van der Waals surface area contributed by atoms with E-state index < -0.39 is 23.2 Å². The number of Topliss-reactive ketones (excluding diaryl/α,β-unsaturated/α-hetero) is 2. The molecule has 104 valence electrons. The number of ketones is 2. The van der Waals surface area contributed by atoms with Gasteiger partial charge in [-0.2, -0.15) is 0 Å². The maximum atomic E-state index is 11.9. The first-order valence-corrected chi connectivity index (χ1v) is 6.99. The molecule has 4 heteroatoms. The van der Waals surface area contributed by atoms with Gasteiger partial charge in [0.1, 0.15) is 5.60 Å². The molecule has 1 fully saturated rings. The summed E-state index contributed by atoms with van der Waals surface area (Å²) in [5, 5.41) is 9.91. The zero-order valence-electron chi connectivity index (χ0n) is 11.7. The molecule has 0 saturated heterocycles. The van der Waals surface area contributed by atoms with E-state index in [0.717, 1.165) is 38.8 Å². The second kappa shape index (κ2) is 6.43. The van der Waals surface area contributed by atoms with Crippen molar-refractivity contribution in [3.63, 3.8) is 0 Å². The van der Waals surface area contributed by atoms with Gasteiger partial charge in [0, 0.05) is 6.42 Å². The highest BCUT2D eigenvalue weighted by molar-refractivity contribution is 6.44. The molecule has 18 heavy (non-hydrogen) atoms. The van der Waals surface area contributed by atoms with Gasteiger partial charge in [0.05, 0.1) is 6.04 Å². The van der Waals surface area contributed by atoms with Crippen LogP contribution in [0.1, 0.15) is 52.9 Å². The minimum Gasteiger partial charge on any atom is -0.382 e. The molecule has 0 radical (unpaired) electrons. The molecule has 1 aliphatic rings. The van der Waals surface area contributed by atoms with E-state index in [-0.39, 0.29) is 6.42 Å². The Bertz CT molecular complexity index is 304. The van der Waals surface area contributed by atoms with Gasteiger partial charge in [-0.15, -0.1) is 0 Å². The van der Waals surface area contributed by atoms with E-state index in [1.54, 1.807) is 0 Å². The van der Waals surface area contributed by atoms with Gasteiger partial charge in [0.25, 0.3) is 0 Å². The number of unbranched alkanes of at least 4 members (excludes halogenated alkanes) is 2. The van der Waals surface area contributed by atoms with Crippen molar-refractivity contribution in [2.75, 3.05) is 13.1 Å². The van der Waals surface area contributed by atoms with Crippen molar-refractivity contribution < 1.29 is 14.7 Å². The highest BCUT2D eigenvalue weighted by Gasteiger charge is 2.50. The first kappa shape index (κ1) is 15.3. The Hall–Kier alpha value is -0.740. The SMILES string of the molecule is CCCCN(CCCC)C1CC(C)(O)C(=O)C1=O. The van der Waals surface area contributed by atoms with Gasteiger partial charge in [-0.1, -0.05) is 26.7 Å². The summed E-state index contributed by atoms with van der Waals surface area (Å²) in [6.45, 7) is 7.32. The van der Waals surface area contributed by atoms with Crippen LogP contribution in [-0.4, -0.2) is 46.3 Å². The molecule has 1 rings (SSSR count). The summed E-state index contributed by atoms with van der Waals surface area (Å²) in [5.74, 6) is -1.03. The lowest BCUT2D eigenvalue weighted by Crippen LogP contribution is -2.40. The van der Waals surface area contributed by atoms with Crippen molar-refractivity contribution in [3.8, 4) is 0 Å². The topological polar surface area (TPSA) is 57.6 Å². The van der Waals surface area contributed by atoms with Crippen LogP contribution in [0.5, 0.6) is 0 Å². The Kier molecular flexibility index (Phi) is 5.47. The highest BCUT2D eigenvalue weighted by Crippen LogP contribution is 2.27. The molecule has 0 aromatic heterocycles. The van der Waals surface area contributed by atoms with Crippen LogP contribution in [-0.2, 0) is 9.59 Å². The van der Waals surface area contributed by atoms with E-state index >= 15 is 0 Å². The predicted molar refractivity (Wildman–Crippen MR) is 70.4 cm³/mol. The minimum atomic E-state index is -1.46. The van der Waals surface area contributed by atoms with Crippen LogP contribution < -0.4 is 0 Å². The van der Waals surface area contributed by atoms with Crippen LogP contribution >= 0.6 is 0 Å². The average Bonchev–Trinajstić information content (AvgIpc) is 2.53. The molecule has 0 heterocycles. The lowest BCUT2D eigenvalue weighted by Gasteiger charge is -2.27. The van der Waals surface area contributed by atoms with Crippen LogP contribution in [0, 0.1) is 0 Å². The molecule has 4 nitrogen and oxygen atoms in total. The van der Waals surface area contributed by atoms with Gasteiger partial charge in [0.2, 0.25) is 11.6 Å². The quantitative estimate of drug-likeness (QED) is 0.701. The number of nitrogens with zero attached hydrogens (tertiary/aromatic N) is 1. The van der Waals surface area contributed by atoms with E-state index in [2.05, 4.69) is 18.7 Å². The number of hydrogen-bond donors (Lipinski definition) is 1. The number of carbonyl (C=O) groups excluding carboxylic acids is 2. The van der Waals surface area contributed by atoms with E-state index in [1.807, 2.05) is 0 Å². The Labute approximate surface area is 109 Å². The number of hydrogen-bond acceptors (Lipinski definition) is 4. The van der Waals surface area contributed by atoms with Crippen molar-refractivity contribution in [3.05, 3.63) is 0 Å². The van der Waals surface area contributed by atoms with Crippen LogP contribution in [0.4, 0.5) is 0 Å². The van der Waals surface area contributed by atoms with E-state index in [4.69, 9.17) is 0 Å². The fourth-order valence-electron chi connectivity index (χ4n) is 2.42. The molecule has 0 amide bonds. The van der Waals surface area contributed by atoms with Crippen molar-refractivity contribution in [2.45, 2.75) is 64.5 Å². The van der Waals surface area contributed by atoms with Crippen LogP contribution in [0.15, 0.2) is 0 Å². The molecular weight excluding hydrogens is 230 g/mol. The van der Waals surface area contributed by atoms with Crippen molar-refractivity contribution >= 4 is 11.6 Å². The van der Waals surface area contributed by atoms with E-state index in [1.165, 1.54) is 6.92 Å². The third-order valence-electron chi connectivity index (χ3n) is 3.64. The zero-order valence-corrected chi connectivity index (χ0v) is 11.7. The molecular formula is C14H25NO3. The molecule has 2 unspecified atom stereocenters. The van der Waals surface area contributed by atoms with Gasteiger partial charge < -0.3 is 5.11 Å². The molecule has 0 aliphatic heterocycles. The zero-order chi connectivity index (χ0) is 13.8. The molecule has 2 atom stereocenters. The molecule has 0 aromatic carbocycles. The Morgan fingerprint density at radius 3 is 2.06 bits per heavy atom. The molecule has 0 aromatic rings. The molecule has 1 aliphatic carbocycles. The predicted octanol–water partition coefficient (Wildman–Crippen LogP) is 1.55. The summed E-state index contributed by atoms with van der Waals surface area (Å²) >= 11 is 0. The summed E-state index contributed by atoms with van der Waals surface area (Å²) in [5.41, 5.74) is -1.46. The van der Waals surface area contributed by atoms with E-state index in [9.17, 15) is 14.7 Å². The minimum absolute atomic E-state index is 0.248.